The van der Waals surface area contributed by atoms with Crippen LogP contribution in [-0.2, 0) is 0 Å². The largest absolute Gasteiger partial charge is 0.494 e. The molecule has 106 valence electrons. The summed E-state index contributed by atoms with van der Waals surface area (Å²) in [5, 5.41) is 12.3. The van der Waals surface area contributed by atoms with Crippen LogP contribution in [0.3, 0.4) is 0 Å². The molecule has 1 aromatic heterocycles. The second-order valence-corrected chi connectivity index (χ2v) is 4.71. The van der Waals surface area contributed by atoms with Crippen LogP contribution in [0, 0.1) is 5.82 Å². The van der Waals surface area contributed by atoms with Gasteiger partial charge in [-0.15, -0.1) is 0 Å². The summed E-state index contributed by atoms with van der Waals surface area (Å²) in [7, 11) is 1.40. The molecule has 21 heavy (non-hydrogen) atoms. The van der Waals surface area contributed by atoms with Crippen LogP contribution < -0.4 is 4.74 Å². The summed E-state index contributed by atoms with van der Waals surface area (Å²) in [6, 6.07) is 13.9. The molecule has 0 spiro atoms. The van der Waals surface area contributed by atoms with Gasteiger partial charge in [0.05, 0.1) is 12.8 Å². The van der Waals surface area contributed by atoms with Crippen LogP contribution in [-0.4, -0.2) is 17.2 Å². The maximum atomic E-state index is 13.8. The number of ether oxygens (including phenoxy) is 1. The first-order valence-corrected chi connectivity index (χ1v) is 6.56. The fourth-order valence-electron chi connectivity index (χ4n) is 2.37. The third kappa shape index (κ3) is 2.45. The maximum Gasteiger partial charge on any atom is 0.165 e. The Morgan fingerprint density at radius 3 is 2.71 bits per heavy atom. The summed E-state index contributed by atoms with van der Waals surface area (Å²) in [5.41, 5.74) is 0.954. The number of aromatic nitrogens is 1. The molecule has 3 rings (SSSR count). The van der Waals surface area contributed by atoms with Gasteiger partial charge in [0.2, 0.25) is 0 Å². The van der Waals surface area contributed by atoms with Crippen molar-refractivity contribution in [2.75, 3.05) is 7.11 Å². The number of benzene rings is 2. The van der Waals surface area contributed by atoms with Gasteiger partial charge in [-0.1, -0.05) is 30.3 Å². The lowest BCUT2D eigenvalue weighted by Crippen LogP contribution is -2.04. The summed E-state index contributed by atoms with van der Waals surface area (Å²) < 4.78 is 18.7. The van der Waals surface area contributed by atoms with E-state index in [1.54, 1.807) is 12.3 Å². The summed E-state index contributed by atoms with van der Waals surface area (Å²) in [4.78, 5) is 4.25. The Morgan fingerprint density at radius 1 is 1.14 bits per heavy atom. The molecular weight excluding hydrogens is 269 g/mol. The molecule has 0 radical (unpaired) electrons. The zero-order valence-corrected chi connectivity index (χ0v) is 11.5. The van der Waals surface area contributed by atoms with Crippen molar-refractivity contribution in [3.8, 4) is 5.75 Å². The van der Waals surface area contributed by atoms with Crippen LogP contribution in [0.25, 0.3) is 10.8 Å². The van der Waals surface area contributed by atoms with Crippen LogP contribution in [0.2, 0.25) is 0 Å². The minimum absolute atomic E-state index is 0.150. The summed E-state index contributed by atoms with van der Waals surface area (Å²) in [6.07, 6.45) is 0.650. The Labute approximate surface area is 121 Å². The molecule has 0 amide bonds. The monoisotopic (exact) mass is 283 g/mol. The normalized spacial score (nSPS) is 12.3. The number of fused-ring (bicyclic) bond motifs is 1. The topological polar surface area (TPSA) is 42.4 Å². The molecule has 1 heterocycles. The number of rotatable bonds is 3. The minimum atomic E-state index is -0.989. The highest BCUT2D eigenvalue weighted by Gasteiger charge is 2.16. The average molecular weight is 283 g/mol. The highest BCUT2D eigenvalue weighted by atomic mass is 19.1. The predicted octanol–water partition coefficient (Wildman–Crippen LogP) is 3.46. The van der Waals surface area contributed by atoms with Crippen molar-refractivity contribution >= 4 is 10.8 Å². The van der Waals surface area contributed by atoms with E-state index in [1.807, 2.05) is 30.3 Å². The number of pyridine rings is 1. The SMILES string of the molecule is COc1ccc(C(O)c2nccc3ccccc23)cc1F. The van der Waals surface area contributed by atoms with Gasteiger partial charge in [-0.05, 0) is 29.1 Å². The van der Waals surface area contributed by atoms with E-state index in [2.05, 4.69) is 4.98 Å². The molecule has 0 aliphatic carbocycles. The average Bonchev–Trinajstić information content (AvgIpc) is 2.53. The molecule has 3 aromatic rings. The molecule has 0 fully saturated rings. The number of aliphatic hydroxyl groups is 1. The van der Waals surface area contributed by atoms with E-state index < -0.39 is 11.9 Å². The summed E-state index contributed by atoms with van der Waals surface area (Å²) >= 11 is 0. The molecule has 4 heteroatoms. The quantitative estimate of drug-likeness (QED) is 0.800. The van der Waals surface area contributed by atoms with Crippen molar-refractivity contribution in [2.45, 2.75) is 6.10 Å². The highest BCUT2D eigenvalue weighted by Crippen LogP contribution is 2.29. The van der Waals surface area contributed by atoms with E-state index in [4.69, 9.17) is 4.74 Å². The lowest BCUT2D eigenvalue weighted by molar-refractivity contribution is 0.216. The van der Waals surface area contributed by atoms with Crippen molar-refractivity contribution in [1.29, 1.82) is 0 Å². The molecule has 0 bridgehead atoms. The van der Waals surface area contributed by atoms with Crippen LogP contribution >= 0.6 is 0 Å². The van der Waals surface area contributed by atoms with E-state index in [1.165, 1.54) is 19.2 Å². The summed E-state index contributed by atoms with van der Waals surface area (Å²) in [5.74, 6) is -0.355. The van der Waals surface area contributed by atoms with E-state index in [0.29, 0.717) is 11.3 Å². The van der Waals surface area contributed by atoms with Crippen molar-refractivity contribution in [3.63, 3.8) is 0 Å². The number of methoxy groups -OCH3 is 1. The molecule has 0 aliphatic rings. The number of hydrogen-bond acceptors (Lipinski definition) is 3. The molecular formula is C17H14FNO2. The van der Waals surface area contributed by atoms with E-state index in [0.717, 1.165) is 10.8 Å². The first-order chi connectivity index (χ1) is 10.2. The minimum Gasteiger partial charge on any atom is -0.494 e. The number of nitrogens with zero attached hydrogens (tertiary/aromatic N) is 1. The van der Waals surface area contributed by atoms with E-state index in [9.17, 15) is 9.50 Å². The fraction of sp³-hybridized carbons (Fsp3) is 0.118. The highest BCUT2D eigenvalue weighted by molar-refractivity contribution is 5.84. The number of hydrogen-bond donors (Lipinski definition) is 1. The number of aliphatic hydroxyl groups excluding tert-OH is 1. The molecule has 0 aliphatic heterocycles. The predicted molar refractivity (Wildman–Crippen MR) is 78.8 cm³/mol. The van der Waals surface area contributed by atoms with Gasteiger partial charge in [0, 0.05) is 11.6 Å². The molecule has 0 saturated carbocycles. The van der Waals surface area contributed by atoms with Gasteiger partial charge < -0.3 is 9.84 Å². The number of halogens is 1. The van der Waals surface area contributed by atoms with Crippen molar-refractivity contribution in [3.05, 3.63) is 71.8 Å². The smallest absolute Gasteiger partial charge is 0.165 e. The molecule has 1 N–H and O–H groups in total. The first-order valence-electron chi connectivity index (χ1n) is 6.56. The van der Waals surface area contributed by atoms with Crippen LogP contribution in [0.1, 0.15) is 17.4 Å². The molecule has 1 unspecified atom stereocenters. The standard InChI is InChI=1S/C17H14FNO2/c1-21-15-7-6-12(10-14(15)18)17(20)16-13-5-3-2-4-11(13)8-9-19-16/h2-10,17,20H,1H3. The third-order valence-electron chi connectivity index (χ3n) is 3.46. The fourth-order valence-corrected chi connectivity index (χ4v) is 2.37. The van der Waals surface area contributed by atoms with Crippen LogP contribution in [0.4, 0.5) is 4.39 Å². The second kappa shape index (κ2) is 5.50. The van der Waals surface area contributed by atoms with Gasteiger partial charge >= 0.3 is 0 Å². The Balaban J connectivity index is 2.08. The van der Waals surface area contributed by atoms with Gasteiger partial charge in [-0.2, -0.15) is 0 Å². The van der Waals surface area contributed by atoms with Crippen molar-refractivity contribution in [1.82, 2.24) is 4.98 Å². The third-order valence-corrected chi connectivity index (χ3v) is 3.46. The van der Waals surface area contributed by atoms with Crippen molar-refractivity contribution in [2.24, 2.45) is 0 Å². The zero-order chi connectivity index (χ0) is 14.8. The zero-order valence-electron chi connectivity index (χ0n) is 11.5. The lowest BCUT2D eigenvalue weighted by Gasteiger charge is -2.14. The first kappa shape index (κ1) is 13.5. The van der Waals surface area contributed by atoms with Gasteiger partial charge in [-0.25, -0.2) is 4.39 Å². The lowest BCUT2D eigenvalue weighted by atomic mass is 10.0. The Hall–Kier alpha value is -2.46. The van der Waals surface area contributed by atoms with Crippen LogP contribution in [0.5, 0.6) is 5.75 Å². The molecule has 2 aromatic carbocycles. The Morgan fingerprint density at radius 2 is 1.95 bits per heavy atom. The molecule has 0 saturated heterocycles. The van der Waals surface area contributed by atoms with Gasteiger partial charge in [0.25, 0.3) is 0 Å². The van der Waals surface area contributed by atoms with Gasteiger partial charge in [0.1, 0.15) is 6.10 Å². The molecule has 1 atom stereocenters. The van der Waals surface area contributed by atoms with Gasteiger partial charge in [0.15, 0.2) is 11.6 Å². The summed E-state index contributed by atoms with van der Waals surface area (Å²) in [6.45, 7) is 0. The Bertz CT molecular complexity index is 783. The van der Waals surface area contributed by atoms with E-state index in [-0.39, 0.29) is 5.75 Å². The Kier molecular flexibility index (Phi) is 3.54. The van der Waals surface area contributed by atoms with E-state index >= 15 is 0 Å². The van der Waals surface area contributed by atoms with Crippen LogP contribution in [0.15, 0.2) is 54.7 Å². The van der Waals surface area contributed by atoms with Crippen molar-refractivity contribution < 1.29 is 14.2 Å². The molecule has 3 nitrogen and oxygen atoms in total. The van der Waals surface area contributed by atoms with Gasteiger partial charge in [-0.3, -0.25) is 4.98 Å². The maximum absolute atomic E-state index is 13.8. The second-order valence-electron chi connectivity index (χ2n) is 4.71.